The Morgan fingerprint density at radius 1 is 1.29 bits per heavy atom. The molecule has 1 aliphatic rings. The van der Waals surface area contributed by atoms with E-state index in [1.807, 2.05) is 24.3 Å². The summed E-state index contributed by atoms with van der Waals surface area (Å²) in [7, 11) is 0. The van der Waals surface area contributed by atoms with E-state index in [-0.39, 0.29) is 11.8 Å². The second-order valence-corrected chi connectivity index (χ2v) is 5.45. The number of ether oxygens (including phenoxy) is 1. The average Bonchev–Trinajstić information content (AvgIpc) is 2.50. The number of nitrogens with two attached hydrogens (primary N) is 1. The lowest BCUT2D eigenvalue weighted by molar-refractivity contribution is -0.121. The molecule has 1 unspecified atom stereocenters. The van der Waals surface area contributed by atoms with Crippen LogP contribution in [0, 0.1) is 5.92 Å². The first-order valence-corrected chi connectivity index (χ1v) is 7.08. The van der Waals surface area contributed by atoms with Crippen molar-refractivity contribution in [1.82, 2.24) is 0 Å². The molecule has 108 valence electrons. The Kier molecular flexibility index (Phi) is 3.71. The number of halogens is 1. The number of amides is 1. The predicted octanol–water partition coefficient (Wildman–Crippen LogP) is 3.11. The summed E-state index contributed by atoms with van der Waals surface area (Å²) < 4.78 is 5.63. The van der Waals surface area contributed by atoms with Crippen molar-refractivity contribution in [3.63, 3.8) is 0 Å². The molecule has 0 saturated carbocycles. The van der Waals surface area contributed by atoms with Crippen molar-refractivity contribution in [2.75, 3.05) is 17.7 Å². The Labute approximate surface area is 127 Å². The molecule has 4 nitrogen and oxygen atoms in total. The molecule has 0 bridgehead atoms. The molecule has 0 radical (unpaired) electrons. The maximum atomic E-state index is 12.3. The van der Waals surface area contributed by atoms with Gasteiger partial charge in [0.1, 0.15) is 12.4 Å². The Hall–Kier alpha value is -2.20. The molecule has 0 aliphatic carbocycles. The minimum Gasteiger partial charge on any atom is -0.492 e. The van der Waals surface area contributed by atoms with Crippen LogP contribution in [0.1, 0.15) is 5.56 Å². The highest BCUT2D eigenvalue weighted by Gasteiger charge is 2.25. The summed E-state index contributed by atoms with van der Waals surface area (Å²) in [6, 6.07) is 12.8. The second kappa shape index (κ2) is 5.66. The first-order valence-electron chi connectivity index (χ1n) is 6.70. The van der Waals surface area contributed by atoms with Gasteiger partial charge >= 0.3 is 0 Å². The van der Waals surface area contributed by atoms with Crippen LogP contribution in [0.5, 0.6) is 5.75 Å². The minimum atomic E-state index is -0.211. The first-order chi connectivity index (χ1) is 10.1. The van der Waals surface area contributed by atoms with E-state index in [9.17, 15) is 4.79 Å². The number of rotatable bonds is 2. The van der Waals surface area contributed by atoms with Gasteiger partial charge in [-0.05, 0) is 36.2 Å². The van der Waals surface area contributed by atoms with Crippen LogP contribution in [0.2, 0.25) is 5.02 Å². The zero-order chi connectivity index (χ0) is 14.8. The maximum Gasteiger partial charge on any atom is 0.231 e. The van der Waals surface area contributed by atoms with E-state index in [1.165, 1.54) is 0 Å². The lowest BCUT2D eigenvalue weighted by Crippen LogP contribution is -2.32. The Bertz CT molecular complexity index is 688. The maximum absolute atomic E-state index is 12.3. The number of para-hydroxylation sites is 1. The van der Waals surface area contributed by atoms with Crippen LogP contribution in [0.15, 0.2) is 42.5 Å². The van der Waals surface area contributed by atoms with Crippen LogP contribution in [-0.4, -0.2) is 12.5 Å². The fourth-order valence-electron chi connectivity index (χ4n) is 2.36. The molecule has 3 N–H and O–H groups in total. The van der Waals surface area contributed by atoms with Gasteiger partial charge in [0.25, 0.3) is 0 Å². The number of nitrogen functional groups attached to an aromatic ring is 1. The SMILES string of the molecule is Nc1cc(NC(=O)C2COc3ccccc3C2)ccc1Cl. The van der Waals surface area contributed by atoms with Crippen LogP contribution in [0.25, 0.3) is 0 Å². The van der Waals surface area contributed by atoms with Crippen molar-refractivity contribution < 1.29 is 9.53 Å². The van der Waals surface area contributed by atoms with Gasteiger partial charge in [-0.1, -0.05) is 29.8 Å². The van der Waals surface area contributed by atoms with Crippen molar-refractivity contribution in [3.05, 3.63) is 53.1 Å². The molecule has 1 atom stereocenters. The van der Waals surface area contributed by atoms with Gasteiger partial charge in [-0.3, -0.25) is 4.79 Å². The molecule has 1 heterocycles. The highest BCUT2D eigenvalue weighted by Crippen LogP contribution is 2.28. The van der Waals surface area contributed by atoms with Crippen molar-refractivity contribution >= 4 is 28.9 Å². The van der Waals surface area contributed by atoms with Gasteiger partial charge in [0.05, 0.1) is 16.6 Å². The van der Waals surface area contributed by atoms with E-state index in [2.05, 4.69) is 5.32 Å². The van der Waals surface area contributed by atoms with Crippen LogP contribution < -0.4 is 15.8 Å². The molecular weight excluding hydrogens is 288 g/mol. The lowest BCUT2D eigenvalue weighted by Gasteiger charge is -2.24. The van der Waals surface area contributed by atoms with Gasteiger partial charge in [-0.25, -0.2) is 0 Å². The van der Waals surface area contributed by atoms with E-state index in [4.69, 9.17) is 22.1 Å². The highest BCUT2D eigenvalue weighted by atomic mass is 35.5. The third kappa shape index (κ3) is 2.95. The van der Waals surface area contributed by atoms with E-state index in [0.29, 0.717) is 29.4 Å². The summed E-state index contributed by atoms with van der Waals surface area (Å²) in [5.41, 5.74) is 7.87. The molecule has 0 aromatic heterocycles. The molecule has 1 amide bonds. The molecule has 2 aromatic carbocycles. The standard InChI is InChI=1S/C16H15ClN2O2/c17-13-6-5-12(8-14(13)18)19-16(20)11-7-10-3-1-2-4-15(10)21-9-11/h1-6,8,11H,7,9,18H2,(H,19,20). The molecule has 0 fully saturated rings. The summed E-state index contributed by atoms with van der Waals surface area (Å²) in [5, 5.41) is 3.33. The predicted molar refractivity (Wildman–Crippen MR) is 83.6 cm³/mol. The largest absolute Gasteiger partial charge is 0.492 e. The lowest BCUT2D eigenvalue weighted by atomic mass is 9.96. The molecule has 0 saturated heterocycles. The van der Waals surface area contributed by atoms with Crippen LogP contribution in [0.4, 0.5) is 11.4 Å². The molecule has 1 aliphatic heterocycles. The number of carbonyl (C=O) groups is 1. The summed E-state index contributed by atoms with van der Waals surface area (Å²) in [5.74, 6) is 0.570. The number of fused-ring (bicyclic) bond motifs is 1. The molecular formula is C16H15ClN2O2. The fraction of sp³-hybridized carbons (Fsp3) is 0.188. The van der Waals surface area contributed by atoms with Crippen molar-refractivity contribution in [3.8, 4) is 5.75 Å². The first kappa shape index (κ1) is 13.8. The van der Waals surface area contributed by atoms with Crippen LogP contribution in [-0.2, 0) is 11.2 Å². The number of hydrogen-bond donors (Lipinski definition) is 2. The monoisotopic (exact) mass is 302 g/mol. The van der Waals surface area contributed by atoms with E-state index in [1.54, 1.807) is 18.2 Å². The second-order valence-electron chi connectivity index (χ2n) is 5.05. The third-order valence-electron chi connectivity index (χ3n) is 3.51. The Morgan fingerprint density at radius 2 is 2.10 bits per heavy atom. The topological polar surface area (TPSA) is 64.3 Å². The number of carbonyl (C=O) groups excluding carboxylic acids is 1. The van der Waals surface area contributed by atoms with E-state index < -0.39 is 0 Å². The third-order valence-corrected chi connectivity index (χ3v) is 3.86. The number of benzene rings is 2. The zero-order valence-electron chi connectivity index (χ0n) is 11.3. The van der Waals surface area contributed by atoms with Gasteiger partial charge < -0.3 is 15.8 Å². The van der Waals surface area contributed by atoms with Crippen molar-refractivity contribution in [1.29, 1.82) is 0 Å². The molecule has 3 rings (SSSR count). The van der Waals surface area contributed by atoms with Gasteiger partial charge in [0.15, 0.2) is 0 Å². The summed E-state index contributed by atoms with van der Waals surface area (Å²) >= 11 is 5.86. The highest BCUT2D eigenvalue weighted by molar-refractivity contribution is 6.33. The van der Waals surface area contributed by atoms with Crippen molar-refractivity contribution in [2.45, 2.75) is 6.42 Å². The smallest absolute Gasteiger partial charge is 0.231 e. The number of anilines is 2. The summed E-state index contributed by atoms with van der Waals surface area (Å²) in [4.78, 5) is 12.3. The minimum absolute atomic E-state index is 0.0776. The van der Waals surface area contributed by atoms with Gasteiger partial charge in [0.2, 0.25) is 5.91 Å². The fourth-order valence-corrected chi connectivity index (χ4v) is 2.48. The molecule has 21 heavy (non-hydrogen) atoms. The van der Waals surface area contributed by atoms with E-state index in [0.717, 1.165) is 11.3 Å². The Balaban J connectivity index is 1.70. The van der Waals surface area contributed by atoms with Gasteiger partial charge in [0, 0.05) is 5.69 Å². The normalized spacial score (nSPS) is 16.7. The van der Waals surface area contributed by atoms with Gasteiger partial charge in [-0.2, -0.15) is 0 Å². The number of nitrogens with one attached hydrogen (secondary N) is 1. The Morgan fingerprint density at radius 3 is 2.90 bits per heavy atom. The molecule has 0 spiro atoms. The van der Waals surface area contributed by atoms with Crippen molar-refractivity contribution in [2.24, 2.45) is 5.92 Å². The zero-order valence-corrected chi connectivity index (χ0v) is 12.1. The van der Waals surface area contributed by atoms with E-state index >= 15 is 0 Å². The van der Waals surface area contributed by atoms with Crippen LogP contribution in [0.3, 0.4) is 0 Å². The average molecular weight is 303 g/mol. The van der Waals surface area contributed by atoms with Crippen LogP contribution >= 0.6 is 11.6 Å². The molecule has 2 aromatic rings. The summed E-state index contributed by atoms with van der Waals surface area (Å²) in [6.45, 7) is 0.381. The summed E-state index contributed by atoms with van der Waals surface area (Å²) in [6.07, 6.45) is 0.672. The molecule has 5 heteroatoms. The van der Waals surface area contributed by atoms with Gasteiger partial charge in [-0.15, -0.1) is 0 Å². The number of hydrogen-bond acceptors (Lipinski definition) is 3. The quantitative estimate of drug-likeness (QED) is 0.838.